The van der Waals surface area contributed by atoms with Gasteiger partial charge in [-0.2, -0.15) is 5.26 Å². The zero-order chi connectivity index (χ0) is 12.8. The third kappa shape index (κ3) is 3.57. The highest BCUT2D eigenvalue weighted by Gasteiger charge is 2.30. The number of rotatable bonds is 3. The highest BCUT2D eigenvalue weighted by atomic mass is 19.1. The summed E-state index contributed by atoms with van der Waals surface area (Å²) in [6, 6.07) is 2.41. The van der Waals surface area contributed by atoms with Crippen LogP contribution in [-0.2, 0) is 0 Å². The second-order valence-corrected chi connectivity index (χ2v) is 6.12. The Kier molecular flexibility index (Phi) is 5.23. The van der Waals surface area contributed by atoms with E-state index >= 15 is 0 Å². The van der Waals surface area contributed by atoms with Crippen LogP contribution in [0.1, 0.15) is 57.8 Å². The number of allylic oxidation sites excluding steroid dienone is 1. The van der Waals surface area contributed by atoms with Gasteiger partial charge in [-0.05, 0) is 75.5 Å². The maximum Gasteiger partial charge on any atom is 0.0827 e. The van der Waals surface area contributed by atoms with Crippen LogP contribution in [-0.4, -0.2) is 0 Å². The predicted molar refractivity (Wildman–Crippen MR) is 71.4 cm³/mol. The Morgan fingerprint density at radius 1 is 0.944 bits per heavy atom. The minimum absolute atomic E-state index is 0.326. The molecule has 0 N–H and O–H groups in total. The van der Waals surface area contributed by atoms with E-state index in [1.165, 1.54) is 38.5 Å². The molecule has 0 bridgehead atoms. The van der Waals surface area contributed by atoms with Gasteiger partial charge in [0.15, 0.2) is 0 Å². The molecule has 0 aliphatic heterocycles. The molecule has 2 rings (SSSR count). The topological polar surface area (TPSA) is 23.8 Å². The molecule has 0 spiro atoms. The Labute approximate surface area is 110 Å². The minimum Gasteiger partial charge on any atom is -0.216 e. The first-order valence-corrected chi connectivity index (χ1v) is 7.48. The molecule has 2 saturated carbocycles. The second-order valence-electron chi connectivity index (χ2n) is 6.12. The van der Waals surface area contributed by atoms with E-state index in [4.69, 9.17) is 5.26 Å². The van der Waals surface area contributed by atoms with E-state index < -0.39 is 0 Å². The molecule has 0 radical (unpaired) electrons. The lowest BCUT2D eigenvalue weighted by molar-refractivity contribution is 0.157. The molecule has 2 heteroatoms. The fraction of sp³-hybridized carbons (Fsp3) is 0.812. The number of hydrogen-bond donors (Lipinski definition) is 0. The number of hydrogen-bond acceptors (Lipinski definition) is 1. The molecule has 2 aliphatic carbocycles. The highest BCUT2D eigenvalue weighted by Crippen LogP contribution is 2.41. The van der Waals surface area contributed by atoms with Crippen molar-refractivity contribution in [2.45, 2.75) is 57.8 Å². The first-order chi connectivity index (χ1) is 8.83. The van der Waals surface area contributed by atoms with Crippen LogP contribution in [0.2, 0.25) is 0 Å². The van der Waals surface area contributed by atoms with Gasteiger partial charge in [-0.1, -0.05) is 6.08 Å². The molecule has 0 aromatic heterocycles. The Hall–Kier alpha value is -0.840. The molecule has 0 aromatic carbocycles. The van der Waals surface area contributed by atoms with Crippen LogP contribution in [0.15, 0.2) is 12.4 Å². The molecule has 0 saturated heterocycles. The fourth-order valence-corrected chi connectivity index (χ4v) is 3.86. The molecule has 2 fully saturated rings. The summed E-state index contributed by atoms with van der Waals surface area (Å²) >= 11 is 0. The van der Waals surface area contributed by atoms with Crippen LogP contribution in [0.5, 0.6) is 0 Å². The average Bonchev–Trinajstić information content (AvgIpc) is 2.46. The molecule has 0 heterocycles. The van der Waals surface area contributed by atoms with Crippen LogP contribution in [0.25, 0.3) is 0 Å². The van der Waals surface area contributed by atoms with Crippen molar-refractivity contribution in [3.05, 3.63) is 12.4 Å². The molecule has 18 heavy (non-hydrogen) atoms. The Bertz CT molecular complexity index is 302. The molecule has 1 nitrogen and oxygen atoms in total. The standard InChI is InChI=1S/C16H24FN/c17-11-1-2-13-3-7-15(8-4-13)16-9-5-14(12-18)6-10-16/h1,11,13-16H,2-10H2/b11-1+/t13?,14-,15?,16-. The quantitative estimate of drug-likeness (QED) is 0.690. The Morgan fingerprint density at radius 3 is 2.00 bits per heavy atom. The summed E-state index contributed by atoms with van der Waals surface area (Å²) in [5, 5.41) is 8.92. The van der Waals surface area contributed by atoms with Crippen molar-refractivity contribution >= 4 is 0 Å². The lowest BCUT2D eigenvalue weighted by Gasteiger charge is -2.36. The first kappa shape index (κ1) is 13.6. The Morgan fingerprint density at radius 2 is 1.50 bits per heavy atom. The average molecular weight is 249 g/mol. The van der Waals surface area contributed by atoms with Crippen LogP contribution < -0.4 is 0 Å². The molecular formula is C16H24FN. The van der Waals surface area contributed by atoms with Crippen LogP contribution in [0.4, 0.5) is 4.39 Å². The lowest BCUT2D eigenvalue weighted by Crippen LogP contribution is -2.25. The van der Waals surface area contributed by atoms with Gasteiger partial charge in [0.1, 0.15) is 0 Å². The van der Waals surface area contributed by atoms with E-state index in [1.54, 1.807) is 6.08 Å². The van der Waals surface area contributed by atoms with Gasteiger partial charge in [0, 0.05) is 5.92 Å². The number of halogens is 1. The van der Waals surface area contributed by atoms with Gasteiger partial charge < -0.3 is 0 Å². The predicted octanol–water partition coefficient (Wildman–Crippen LogP) is 5.00. The number of nitriles is 1. The summed E-state index contributed by atoms with van der Waals surface area (Å²) in [4.78, 5) is 0. The first-order valence-electron chi connectivity index (χ1n) is 7.48. The zero-order valence-electron chi connectivity index (χ0n) is 11.2. The van der Waals surface area contributed by atoms with Gasteiger partial charge in [-0.25, -0.2) is 4.39 Å². The van der Waals surface area contributed by atoms with Crippen molar-refractivity contribution in [3.8, 4) is 6.07 Å². The SMILES string of the molecule is N#C[C@H]1CC[C@H](C2CCC(C/C=C/F)CC2)CC1. The summed E-state index contributed by atoms with van der Waals surface area (Å²) in [6.07, 6.45) is 13.2. The van der Waals surface area contributed by atoms with Crippen molar-refractivity contribution in [2.24, 2.45) is 23.7 Å². The van der Waals surface area contributed by atoms with Crippen molar-refractivity contribution in [1.82, 2.24) is 0 Å². The molecule has 0 atom stereocenters. The van der Waals surface area contributed by atoms with Crippen molar-refractivity contribution in [2.75, 3.05) is 0 Å². The fourth-order valence-electron chi connectivity index (χ4n) is 3.86. The third-order valence-corrected chi connectivity index (χ3v) is 5.07. The summed E-state index contributed by atoms with van der Waals surface area (Å²) in [7, 11) is 0. The van der Waals surface area contributed by atoms with E-state index in [-0.39, 0.29) is 0 Å². The minimum atomic E-state index is 0.326. The highest BCUT2D eigenvalue weighted by molar-refractivity contribution is 4.90. The molecule has 2 aliphatic rings. The van der Waals surface area contributed by atoms with Gasteiger partial charge in [-0.15, -0.1) is 0 Å². The molecule has 0 unspecified atom stereocenters. The molecule has 100 valence electrons. The van der Waals surface area contributed by atoms with Gasteiger partial charge in [0.05, 0.1) is 12.4 Å². The summed E-state index contributed by atoms with van der Waals surface area (Å²) in [6.45, 7) is 0. The monoisotopic (exact) mass is 249 g/mol. The maximum absolute atomic E-state index is 12.0. The maximum atomic E-state index is 12.0. The largest absolute Gasteiger partial charge is 0.216 e. The van der Waals surface area contributed by atoms with Crippen LogP contribution in [0.3, 0.4) is 0 Å². The van der Waals surface area contributed by atoms with Crippen LogP contribution in [0, 0.1) is 35.0 Å². The summed E-state index contributed by atoms with van der Waals surface area (Å²) < 4.78 is 12.0. The molecule has 0 aromatic rings. The summed E-state index contributed by atoms with van der Waals surface area (Å²) in [5.74, 6) is 2.79. The Balaban J connectivity index is 1.72. The van der Waals surface area contributed by atoms with E-state index in [0.29, 0.717) is 18.2 Å². The van der Waals surface area contributed by atoms with E-state index in [0.717, 1.165) is 31.1 Å². The van der Waals surface area contributed by atoms with Crippen molar-refractivity contribution in [3.63, 3.8) is 0 Å². The van der Waals surface area contributed by atoms with Gasteiger partial charge >= 0.3 is 0 Å². The van der Waals surface area contributed by atoms with Gasteiger partial charge in [0.25, 0.3) is 0 Å². The van der Waals surface area contributed by atoms with E-state index in [2.05, 4.69) is 6.07 Å². The normalized spacial score (nSPS) is 37.6. The molecular weight excluding hydrogens is 225 g/mol. The smallest absolute Gasteiger partial charge is 0.0827 e. The van der Waals surface area contributed by atoms with Crippen LogP contribution >= 0.6 is 0 Å². The lowest BCUT2D eigenvalue weighted by atomic mass is 9.69. The van der Waals surface area contributed by atoms with Gasteiger partial charge in [-0.3, -0.25) is 0 Å². The second kappa shape index (κ2) is 6.92. The van der Waals surface area contributed by atoms with E-state index in [1.807, 2.05) is 0 Å². The summed E-state index contributed by atoms with van der Waals surface area (Å²) in [5.41, 5.74) is 0. The van der Waals surface area contributed by atoms with Gasteiger partial charge in [0.2, 0.25) is 0 Å². The molecule has 0 amide bonds. The number of nitrogens with zero attached hydrogens (tertiary/aromatic N) is 1. The van der Waals surface area contributed by atoms with Crippen molar-refractivity contribution < 1.29 is 4.39 Å². The third-order valence-electron chi connectivity index (χ3n) is 5.07. The van der Waals surface area contributed by atoms with E-state index in [9.17, 15) is 4.39 Å². The zero-order valence-corrected chi connectivity index (χ0v) is 11.2. The van der Waals surface area contributed by atoms with Crippen molar-refractivity contribution in [1.29, 1.82) is 5.26 Å².